The van der Waals surface area contributed by atoms with E-state index in [-0.39, 0.29) is 23.3 Å². The molecule has 0 radical (unpaired) electrons. The number of aryl methyl sites for hydroxylation is 2. The largest absolute Gasteiger partial charge is 0.507 e. The predicted molar refractivity (Wildman–Crippen MR) is 130 cm³/mol. The Morgan fingerprint density at radius 2 is 1.76 bits per heavy atom. The smallest absolute Gasteiger partial charge is 0.295 e. The molecule has 1 amide bonds. The zero-order valence-corrected chi connectivity index (χ0v) is 20.5. The van der Waals surface area contributed by atoms with Crippen LogP contribution in [0.15, 0.2) is 54.4 Å². The summed E-state index contributed by atoms with van der Waals surface area (Å²) in [6.07, 6.45) is 3.34. The number of carbonyl (C=O) groups is 2. The number of amides is 1. The molecule has 0 unspecified atom stereocenters. The molecule has 0 aliphatic carbocycles. The number of aliphatic hydroxyl groups is 1. The average Bonchev–Trinajstić information content (AvgIpc) is 3.19. The van der Waals surface area contributed by atoms with Gasteiger partial charge in [-0.2, -0.15) is 5.10 Å². The van der Waals surface area contributed by atoms with E-state index in [9.17, 15) is 14.7 Å². The van der Waals surface area contributed by atoms with Gasteiger partial charge in [0.25, 0.3) is 11.7 Å². The molecule has 1 aliphatic heterocycles. The van der Waals surface area contributed by atoms with E-state index < -0.39 is 17.7 Å². The van der Waals surface area contributed by atoms with Gasteiger partial charge in [-0.25, -0.2) is 0 Å². The van der Waals surface area contributed by atoms with E-state index in [0.717, 1.165) is 22.4 Å². The molecule has 7 nitrogen and oxygen atoms in total. The monoisotopic (exact) mass is 458 g/mol. The van der Waals surface area contributed by atoms with Gasteiger partial charge in [-0.3, -0.25) is 19.3 Å². The maximum atomic E-state index is 13.3. The Morgan fingerprint density at radius 3 is 2.29 bits per heavy atom. The van der Waals surface area contributed by atoms with E-state index in [4.69, 9.17) is 0 Å². The van der Waals surface area contributed by atoms with Crippen LogP contribution in [0.4, 0.5) is 0 Å². The second-order valence-corrected chi connectivity index (χ2v) is 9.83. The average molecular weight is 459 g/mol. The van der Waals surface area contributed by atoms with Crippen molar-refractivity contribution in [2.75, 3.05) is 0 Å². The molecule has 7 heteroatoms. The molecule has 0 spiro atoms. The number of likely N-dealkylation sites (tertiary alicyclic amines) is 1. The standard InChI is InChI=1S/C27H30N4O3/c1-16-21(17(2)30(6)29-16)24(32)22-23(19-9-11-20(12-10-19)27(3,4)5)31(26(34)25(22)33)15-18-8-7-13-28-14-18/h7-14,23,32H,15H2,1-6H3/b24-22+/t23-/m0/s1. The molecule has 1 fully saturated rings. The van der Waals surface area contributed by atoms with Crippen molar-refractivity contribution in [1.82, 2.24) is 19.7 Å². The Bertz CT molecular complexity index is 1280. The lowest BCUT2D eigenvalue weighted by atomic mass is 9.85. The molecule has 1 N–H and O–H groups in total. The van der Waals surface area contributed by atoms with Gasteiger partial charge in [0.05, 0.1) is 22.9 Å². The van der Waals surface area contributed by atoms with Crippen molar-refractivity contribution in [2.24, 2.45) is 7.05 Å². The van der Waals surface area contributed by atoms with Crippen LogP contribution in [0.25, 0.3) is 5.76 Å². The van der Waals surface area contributed by atoms with Crippen LogP contribution in [0.5, 0.6) is 0 Å². The van der Waals surface area contributed by atoms with Gasteiger partial charge in [0.1, 0.15) is 5.76 Å². The van der Waals surface area contributed by atoms with Crippen LogP contribution >= 0.6 is 0 Å². The molecular formula is C27H30N4O3. The van der Waals surface area contributed by atoms with Gasteiger partial charge < -0.3 is 10.0 Å². The number of nitrogens with zero attached hydrogens (tertiary/aromatic N) is 4. The number of rotatable bonds is 4. The zero-order valence-electron chi connectivity index (χ0n) is 20.5. The third-order valence-corrected chi connectivity index (χ3v) is 6.45. The van der Waals surface area contributed by atoms with Crippen molar-refractivity contribution >= 4 is 17.4 Å². The molecule has 3 aromatic rings. The number of pyridine rings is 1. The maximum absolute atomic E-state index is 13.3. The first kappa shape index (κ1) is 23.4. The van der Waals surface area contributed by atoms with Crippen LogP contribution in [-0.2, 0) is 28.6 Å². The third-order valence-electron chi connectivity index (χ3n) is 6.45. The molecule has 3 heterocycles. The summed E-state index contributed by atoms with van der Waals surface area (Å²) in [5.41, 5.74) is 4.54. The van der Waals surface area contributed by atoms with Crippen LogP contribution in [-0.4, -0.2) is 36.5 Å². The normalized spacial score (nSPS) is 18.1. The number of hydrogen-bond acceptors (Lipinski definition) is 5. The Morgan fingerprint density at radius 1 is 1.09 bits per heavy atom. The summed E-state index contributed by atoms with van der Waals surface area (Å²) in [6.45, 7) is 10.2. The van der Waals surface area contributed by atoms with Gasteiger partial charge >= 0.3 is 0 Å². The maximum Gasteiger partial charge on any atom is 0.295 e. The van der Waals surface area contributed by atoms with Crippen molar-refractivity contribution < 1.29 is 14.7 Å². The summed E-state index contributed by atoms with van der Waals surface area (Å²) < 4.78 is 1.66. The highest BCUT2D eigenvalue weighted by molar-refractivity contribution is 6.46. The highest BCUT2D eigenvalue weighted by Crippen LogP contribution is 2.41. The first-order valence-electron chi connectivity index (χ1n) is 11.3. The molecule has 1 aromatic carbocycles. The Labute approximate surface area is 199 Å². The topological polar surface area (TPSA) is 88.3 Å². The lowest BCUT2D eigenvalue weighted by molar-refractivity contribution is -0.140. The van der Waals surface area contributed by atoms with Crippen molar-refractivity contribution in [3.8, 4) is 0 Å². The fourth-order valence-corrected chi connectivity index (χ4v) is 4.49. The first-order chi connectivity index (χ1) is 16.0. The van der Waals surface area contributed by atoms with E-state index in [2.05, 4.69) is 30.9 Å². The first-order valence-corrected chi connectivity index (χ1v) is 11.3. The van der Waals surface area contributed by atoms with Crippen LogP contribution in [0, 0.1) is 13.8 Å². The SMILES string of the molecule is Cc1nn(C)c(C)c1/C(O)=C1\C(=O)C(=O)N(Cc2cccnc2)[C@H]1c1ccc(C(C)(C)C)cc1. The highest BCUT2D eigenvalue weighted by Gasteiger charge is 2.46. The number of carbonyl (C=O) groups excluding carboxylic acids is 2. The zero-order chi connectivity index (χ0) is 24.8. The van der Waals surface area contributed by atoms with Gasteiger partial charge in [0, 0.05) is 31.7 Å². The molecule has 1 atom stereocenters. The summed E-state index contributed by atoms with van der Waals surface area (Å²) in [5, 5.41) is 15.8. The number of Topliss-reactive ketones (excluding diaryl/α,β-unsaturated/α-hetero) is 1. The summed E-state index contributed by atoms with van der Waals surface area (Å²) in [4.78, 5) is 32.2. The van der Waals surface area contributed by atoms with Gasteiger partial charge in [0.15, 0.2) is 0 Å². The molecule has 2 aromatic heterocycles. The van der Waals surface area contributed by atoms with E-state index in [1.807, 2.05) is 37.3 Å². The molecule has 0 saturated carbocycles. The van der Waals surface area contributed by atoms with Gasteiger partial charge in [-0.05, 0) is 42.0 Å². The van der Waals surface area contributed by atoms with Crippen molar-refractivity contribution in [3.63, 3.8) is 0 Å². The van der Waals surface area contributed by atoms with Crippen LogP contribution < -0.4 is 0 Å². The minimum absolute atomic E-state index is 0.0417. The lowest BCUT2D eigenvalue weighted by Gasteiger charge is -2.26. The van der Waals surface area contributed by atoms with Gasteiger partial charge in [-0.15, -0.1) is 0 Å². The fourth-order valence-electron chi connectivity index (χ4n) is 4.49. The summed E-state index contributed by atoms with van der Waals surface area (Å²) in [7, 11) is 1.78. The van der Waals surface area contributed by atoms with Crippen LogP contribution in [0.2, 0.25) is 0 Å². The second-order valence-electron chi connectivity index (χ2n) is 9.83. The van der Waals surface area contributed by atoms with E-state index in [1.54, 1.807) is 37.1 Å². The van der Waals surface area contributed by atoms with Gasteiger partial charge in [-0.1, -0.05) is 51.1 Å². The van der Waals surface area contributed by atoms with Crippen LogP contribution in [0.3, 0.4) is 0 Å². The number of aromatic nitrogens is 3. The molecule has 0 bridgehead atoms. The molecular weight excluding hydrogens is 428 g/mol. The minimum Gasteiger partial charge on any atom is -0.507 e. The minimum atomic E-state index is -0.728. The molecule has 1 saturated heterocycles. The Hall–Kier alpha value is -3.74. The van der Waals surface area contributed by atoms with E-state index >= 15 is 0 Å². The van der Waals surface area contributed by atoms with Gasteiger partial charge in [0.2, 0.25) is 0 Å². The predicted octanol–water partition coefficient (Wildman–Crippen LogP) is 4.35. The summed E-state index contributed by atoms with van der Waals surface area (Å²) >= 11 is 0. The Kier molecular flexibility index (Phi) is 5.89. The number of benzene rings is 1. The molecule has 34 heavy (non-hydrogen) atoms. The van der Waals surface area contributed by atoms with Crippen molar-refractivity contribution in [1.29, 1.82) is 0 Å². The van der Waals surface area contributed by atoms with E-state index in [0.29, 0.717) is 11.3 Å². The number of hydrogen-bond donors (Lipinski definition) is 1. The molecule has 4 rings (SSSR count). The summed E-state index contributed by atoms with van der Waals surface area (Å²) in [5.74, 6) is -1.54. The quantitative estimate of drug-likeness (QED) is 0.357. The summed E-state index contributed by atoms with van der Waals surface area (Å²) in [6, 6.07) is 10.8. The van der Waals surface area contributed by atoms with Crippen molar-refractivity contribution in [2.45, 2.75) is 52.6 Å². The second kappa shape index (κ2) is 8.56. The van der Waals surface area contributed by atoms with Crippen molar-refractivity contribution in [3.05, 3.63) is 88.0 Å². The van der Waals surface area contributed by atoms with Crippen LogP contribution in [0.1, 0.15) is 60.5 Å². The molecule has 176 valence electrons. The lowest BCUT2D eigenvalue weighted by Crippen LogP contribution is -2.29. The molecule has 1 aliphatic rings. The number of ketones is 1. The Balaban J connectivity index is 1.90. The third kappa shape index (κ3) is 4.02. The van der Waals surface area contributed by atoms with E-state index in [1.165, 1.54) is 4.90 Å². The highest BCUT2D eigenvalue weighted by atomic mass is 16.3. The fraction of sp³-hybridized carbons (Fsp3) is 0.333. The number of aliphatic hydroxyl groups excluding tert-OH is 1.